The zero-order valence-electron chi connectivity index (χ0n) is 13.3. The second-order valence-corrected chi connectivity index (χ2v) is 6.30. The summed E-state index contributed by atoms with van der Waals surface area (Å²) in [6.07, 6.45) is 0.468. The first kappa shape index (κ1) is 16.7. The highest BCUT2D eigenvalue weighted by Gasteiger charge is 2.08. The average Bonchev–Trinajstić information content (AvgIpc) is 3.04. The van der Waals surface area contributed by atoms with Gasteiger partial charge in [0.15, 0.2) is 0 Å². The van der Waals surface area contributed by atoms with Crippen LogP contribution in [0.4, 0.5) is 0 Å². The number of hydrogen-bond acceptors (Lipinski definition) is 3. The van der Waals surface area contributed by atoms with Crippen molar-refractivity contribution in [2.24, 2.45) is 0 Å². The van der Waals surface area contributed by atoms with Crippen LogP contribution >= 0.6 is 11.3 Å². The molecule has 1 N–H and O–H groups in total. The Hall–Kier alpha value is -1.65. The van der Waals surface area contributed by atoms with E-state index in [4.69, 9.17) is 0 Å². The second kappa shape index (κ2) is 8.71. The van der Waals surface area contributed by atoms with Crippen molar-refractivity contribution in [1.82, 2.24) is 10.2 Å². The van der Waals surface area contributed by atoms with Crippen molar-refractivity contribution in [1.29, 1.82) is 0 Å². The number of thiophene rings is 1. The third-order valence-electron chi connectivity index (χ3n) is 3.80. The highest BCUT2D eigenvalue weighted by Crippen LogP contribution is 2.12. The summed E-state index contributed by atoms with van der Waals surface area (Å²) in [5, 5.41) is 5.04. The molecule has 0 radical (unpaired) electrons. The highest BCUT2D eigenvalue weighted by atomic mass is 32.1. The van der Waals surface area contributed by atoms with E-state index in [1.54, 1.807) is 11.3 Å². The fraction of sp³-hybridized carbons (Fsp3) is 0.389. The molecule has 0 bridgehead atoms. The van der Waals surface area contributed by atoms with Crippen molar-refractivity contribution in [3.05, 3.63) is 57.8 Å². The number of amides is 1. The Labute approximate surface area is 137 Å². The Kier molecular flexibility index (Phi) is 6.62. The van der Waals surface area contributed by atoms with Crippen LogP contribution in [0.5, 0.6) is 0 Å². The first-order valence-electron chi connectivity index (χ1n) is 7.81. The van der Waals surface area contributed by atoms with E-state index in [2.05, 4.69) is 42.3 Å². The minimum Gasteiger partial charge on any atom is -0.352 e. The molecule has 1 amide bonds. The third-order valence-corrected chi connectivity index (χ3v) is 4.67. The average molecular weight is 316 g/mol. The summed E-state index contributed by atoms with van der Waals surface area (Å²) in [7, 11) is 0. The second-order valence-electron chi connectivity index (χ2n) is 5.26. The number of nitrogens with zero attached hydrogens (tertiary/aromatic N) is 1. The van der Waals surface area contributed by atoms with Crippen LogP contribution in [0.1, 0.15) is 29.9 Å². The summed E-state index contributed by atoms with van der Waals surface area (Å²) in [4.78, 5) is 15.5. The van der Waals surface area contributed by atoms with Gasteiger partial charge < -0.3 is 5.32 Å². The van der Waals surface area contributed by atoms with Gasteiger partial charge in [-0.3, -0.25) is 9.69 Å². The van der Waals surface area contributed by atoms with Gasteiger partial charge in [0.1, 0.15) is 0 Å². The SMILES string of the molecule is CCN(CC)Cc1ccccc1CNC(=O)Cc1cccs1. The minimum absolute atomic E-state index is 0.0834. The van der Waals surface area contributed by atoms with Crippen molar-refractivity contribution in [3.8, 4) is 0 Å². The Bertz CT molecular complexity index is 577. The van der Waals surface area contributed by atoms with E-state index in [-0.39, 0.29) is 5.91 Å². The molecule has 2 rings (SSSR count). The number of hydrogen-bond donors (Lipinski definition) is 1. The Morgan fingerprint density at radius 1 is 1.09 bits per heavy atom. The number of rotatable bonds is 8. The lowest BCUT2D eigenvalue weighted by molar-refractivity contribution is -0.120. The normalized spacial score (nSPS) is 10.9. The summed E-state index contributed by atoms with van der Waals surface area (Å²) < 4.78 is 0. The first-order valence-corrected chi connectivity index (χ1v) is 8.69. The highest BCUT2D eigenvalue weighted by molar-refractivity contribution is 7.10. The van der Waals surface area contributed by atoms with E-state index >= 15 is 0 Å². The van der Waals surface area contributed by atoms with Gasteiger partial charge in [-0.1, -0.05) is 44.2 Å². The number of carbonyl (C=O) groups is 1. The van der Waals surface area contributed by atoms with Gasteiger partial charge in [-0.25, -0.2) is 0 Å². The van der Waals surface area contributed by atoms with Crippen LogP contribution < -0.4 is 5.32 Å². The quantitative estimate of drug-likeness (QED) is 0.809. The van der Waals surface area contributed by atoms with E-state index < -0.39 is 0 Å². The zero-order chi connectivity index (χ0) is 15.8. The van der Waals surface area contributed by atoms with E-state index in [1.807, 2.05) is 23.6 Å². The Morgan fingerprint density at radius 3 is 2.45 bits per heavy atom. The van der Waals surface area contributed by atoms with E-state index in [9.17, 15) is 4.79 Å². The van der Waals surface area contributed by atoms with Crippen molar-refractivity contribution >= 4 is 17.2 Å². The van der Waals surface area contributed by atoms with Gasteiger partial charge in [0.05, 0.1) is 6.42 Å². The third kappa shape index (κ3) is 4.97. The summed E-state index contributed by atoms with van der Waals surface area (Å²) in [5.41, 5.74) is 2.50. The first-order chi connectivity index (χ1) is 10.7. The van der Waals surface area contributed by atoms with E-state index in [1.165, 1.54) is 11.1 Å². The molecule has 0 aliphatic heterocycles. The van der Waals surface area contributed by atoms with Gasteiger partial charge >= 0.3 is 0 Å². The summed E-state index contributed by atoms with van der Waals surface area (Å²) >= 11 is 1.62. The number of carbonyl (C=O) groups excluding carboxylic acids is 1. The van der Waals surface area contributed by atoms with Crippen LogP contribution in [0.25, 0.3) is 0 Å². The molecule has 0 fully saturated rings. The molecule has 4 heteroatoms. The molecule has 1 heterocycles. The molecule has 0 aliphatic carbocycles. The largest absolute Gasteiger partial charge is 0.352 e. The molecule has 1 aromatic heterocycles. The molecule has 0 aliphatic rings. The predicted octanol–water partition coefficient (Wildman–Crippen LogP) is 3.45. The lowest BCUT2D eigenvalue weighted by Crippen LogP contribution is -2.26. The van der Waals surface area contributed by atoms with Crippen molar-refractivity contribution < 1.29 is 4.79 Å². The monoisotopic (exact) mass is 316 g/mol. The fourth-order valence-corrected chi connectivity index (χ4v) is 3.10. The van der Waals surface area contributed by atoms with Crippen LogP contribution in [0, 0.1) is 0 Å². The van der Waals surface area contributed by atoms with Crippen LogP contribution in [-0.2, 0) is 24.3 Å². The van der Waals surface area contributed by atoms with Gasteiger partial charge in [-0.2, -0.15) is 0 Å². The maximum Gasteiger partial charge on any atom is 0.225 e. The molecule has 3 nitrogen and oxygen atoms in total. The molecule has 0 unspecified atom stereocenters. The minimum atomic E-state index is 0.0834. The van der Waals surface area contributed by atoms with Crippen molar-refractivity contribution in [3.63, 3.8) is 0 Å². The molecule has 0 atom stereocenters. The molecule has 1 aromatic carbocycles. The molecule has 0 saturated heterocycles. The number of nitrogens with one attached hydrogen (secondary N) is 1. The van der Waals surface area contributed by atoms with Crippen molar-refractivity contribution in [2.45, 2.75) is 33.4 Å². The van der Waals surface area contributed by atoms with Gasteiger partial charge in [0.2, 0.25) is 5.91 Å². The van der Waals surface area contributed by atoms with Crippen molar-refractivity contribution in [2.75, 3.05) is 13.1 Å². The molecular formula is C18H24N2OS. The van der Waals surface area contributed by atoms with Crippen LogP contribution in [0.3, 0.4) is 0 Å². The van der Waals surface area contributed by atoms with Gasteiger partial charge in [-0.05, 0) is 35.7 Å². The van der Waals surface area contributed by atoms with E-state index in [0.717, 1.165) is 24.5 Å². The van der Waals surface area contributed by atoms with Gasteiger partial charge in [0.25, 0.3) is 0 Å². The number of benzene rings is 1. The maximum atomic E-state index is 12.0. The van der Waals surface area contributed by atoms with Gasteiger partial charge in [0, 0.05) is 18.0 Å². The maximum absolute atomic E-state index is 12.0. The smallest absolute Gasteiger partial charge is 0.225 e. The molecule has 0 saturated carbocycles. The Morgan fingerprint density at radius 2 is 1.82 bits per heavy atom. The summed E-state index contributed by atoms with van der Waals surface area (Å²) in [5.74, 6) is 0.0834. The molecule has 0 spiro atoms. The lowest BCUT2D eigenvalue weighted by atomic mass is 10.1. The lowest BCUT2D eigenvalue weighted by Gasteiger charge is -2.20. The molecular weight excluding hydrogens is 292 g/mol. The van der Waals surface area contributed by atoms with Crippen LogP contribution in [0.2, 0.25) is 0 Å². The van der Waals surface area contributed by atoms with Gasteiger partial charge in [-0.15, -0.1) is 11.3 Å². The van der Waals surface area contributed by atoms with E-state index in [0.29, 0.717) is 13.0 Å². The zero-order valence-corrected chi connectivity index (χ0v) is 14.2. The predicted molar refractivity (Wildman–Crippen MR) is 92.9 cm³/mol. The summed E-state index contributed by atoms with van der Waals surface area (Å²) in [6, 6.07) is 12.3. The summed E-state index contributed by atoms with van der Waals surface area (Å²) in [6.45, 7) is 7.96. The van der Waals surface area contributed by atoms with Crippen LogP contribution in [0.15, 0.2) is 41.8 Å². The Balaban J connectivity index is 1.93. The molecule has 22 heavy (non-hydrogen) atoms. The fourth-order valence-electron chi connectivity index (χ4n) is 2.40. The topological polar surface area (TPSA) is 32.3 Å². The molecule has 2 aromatic rings. The molecule has 118 valence electrons. The van der Waals surface area contributed by atoms with Crippen LogP contribution in [-0.4, -0.2) is 23.9 Å². The standard InChI is InChI=1S/C18H24N2OS/c1-3-20(4-2)14-16-9-6-5-8-15(16)13-19-18(21)12-17-10-7-11-22-17/h5-11H,3-4,12-14H2,1-2H3,(H,19,21).